The molecular weight excluding hydrogens is 376 g/mol. The first-order valence-electron chi connectivity index (χ1n) is 10.1. The predicted molar refractivity (Wildman–Crippen MR) is 115 cm³/mol. The highest BCUT2D eigenvalue weighted by Gasteiger charge is 2.23. The van der Waals surface area contributed by atoms with Crippen LogP contribution in [0.1, 0.15) is 72.3 Å². The van der Waals surface area contributed by atoms with Gasteiger partial charge < -0.3 is 10.1 Å². The van der Waals surface area contributed by atoms with Gasteiger partial charge in [-0.05, 0) is 64.2 Å². The van der Waals surface area contributed by atoms with Crippen molar-refractivity contribution in [2.24, 2.45) is 0 Å². The van der Waals surface area contributed by atoms with Crippen molar-refractivity contribution in [3.8, 4) is 0 Å². The molecule has 7 heteroatoms. The molecule has 0 spiro atoms. The van der Waals surface area contributed by atoms with Gasteiger partial charge in [0.05, 0.1) is 5.25 Å². The van der Waals surface area contributed by atoms with Crippen LogP contribution in [0, 0.1) is 0 Å². The Kier molecular flexibility index (Phi) is 9.79. The molecular formula is C21H36N2O4S. The Morgan fingerprint density at radius 1 is 1.14 bits per heavy atom. The third-order valence-electron chi connectivity index (χ3n) is 4.16. The van der Waals surface area contributed by atoms with E-state index in [1.165, 1.54) is 0 Å². The fraction of sp³-hybridized carbons (Fsp3) is 0.667. The van der Waals surface area contributed by atoms with Gasteiger partial charge in [0.25, 0.3) is 0 Å². The summed E-state index contributed by atoms with van der Waals surface area (Å²) in [5.41, 5.74) is 1.10. The maximum Gasteiger partial charge on any atom is 0.407 e. The van der Waals surface area contributed by atoms with Gasteiger partial charge >= 0.3 is 6.09 Å². The molecule has 0 bridgehead atoms. The van der Waals surface area contributed by atoms with Crippen LogP contribution in [-0.4, -0.2) is 31.9 Å². The summed E-state index contributed by atoms with van der Waals surface area (Å²) in [4.78, 5) is 11.6. The van der Waals surface area contributed by atoms with E-state index in [2.05, 4.69) is 10.0 Å². The van der Waals surface area contributed by atoms with Crippen molar-refractivity contribution >= 4 is 21.8 Å². The van der Waals surface area contributed by atoms with Crippen LogP contribution in [0.15, 0.2) is 24.3 Å². The second-order valence-electron chi connectivity index (χ2n) is 8.08. The number of nitrogens with one attached hydrogen (secondary N) is 2. The molecule has 2 N–H and O–H groups in total. The van der Waals surface area contributed by atoms with Crippen molar-refractivity contribution in [1.29, 1.82) is 0 Å². The minimum Gasteiger partial charge on any atom is -0.444 e. The fourth-order valence-electron chi connectivity index (χ4n) is 2.93. The molecule has 0 fully saturated rings. The third-order valence-corrected chi connectivity index (χ3v) is 6.03. The average molecular weight is 413 g/mol. The molecule has 0 saturated carbocycles. The molecule has 1 amide bonds. The van der Waals surface area contributed by atoms with Crippen LogP contribution in [0.3, 0.4) is 0 Å². The predicted octanol–water partition coefficient (Wildman–Crippen LogP) is 4.85. The van der Waals surface area contributed by atoms with Crippen molar-refractivity contribution in [1.82, 2.24) is 5.32 Å². The zero-order valence-electron chi connectivity index (χ0n) is 17.9. The molecule has 0 heterocycles. The van der Waals surface area contributed by atoms with Crippen molar-refractivity contribution in [2.45, 2.75) is 84.0 Å². The summed E-state index contributed by atoms with van der Waals surface area (Å²) in [6.45, 7) is 9.98. The van der Waals surface area contributed by atoms with E-state index < -0.39 is 21.7 Å². The highest BCUT2D eigenvalue weighted by atomic mass is 32.2. The summed E-state index contributed by atoms with van der Waals surface area (Å²) in [6, 6.07) is 7.44. The molecule has 0 aromatic heterocycles. The number of hydrogen-bond acceptors (Lipinski definition) is 4. The first kappa shape index (κ1) is 24.3. The molecule has 6 nitrogen and oxygen atoms in total. The Morgan fingerprint density at radius 2 is 1.79 bits per heavy atom. The monoisotopic (exact) mass is 412 g/mol. The number of aryl methyl sites for hydroxylation is 1. The average Bonchev–Trinajstić information content (AvgIpc) is 2.57. The number of ether oxygens (including phenoxy) is 1. The summed E-state index contributed by atoms with van der Waals surface area (Å²) >= 11 is 0. The van der Waals surface area contributed by atoms with E-state index in [-0.39, 0.29) is 5.25 Å². The largest absolute Gasteiger partial charge is 0.444 e. The molecule has 160 valence electrons. The maximum absolute atomic E-state index is 12.7. The molecule has 0 radical (unpaired) electrons. The van der Waals surface area contributed by atoms with Gasteiger partial charge in [-0.25, -0.2) is 13.2 Å². The molecule has 0 unspecified atom stereocenters. The zero-order valence-corrected chi connectivity index (χ0v) is 18.7. The van der Waals surface area contributed by atoms with Crippen LogP contribution in [-0.2, 0) is 21.2 Å². The SMILES string of the molecule is CCCC(CCC)S(=O)(=O)Nc1cccc(CCCNC(=O)OC(C)(C)C)c1. The van der Waals surface area contributed by atoms with Gasteiger partial charge in [0.1, 0.15) is 5.60 Å². The molecule has 28 heavy (non-hydrogen) atoms. The molecule has 0 aliphatic carbocycles. The van der Waals surface area contributed by atoms with Gasteiger partial charge in [-0.1, -0.05) is 38.8 Å². The lowest BCUT2D eigenvalue weighted by atomic mass is 10.1. The number of hydrogen-bond donors (Lipinski definition) is 2. The van der Waals surface area contributed by atoms with E-state index >= 15 is 0 Å². The van der Waals surface area contributed by atoms with E-state index in [0.717, 1.165) is 31.2 Å². The first-order valence-corrected chi connectivity index (χ1v) is 11.7. The lowest BCUT2D eigenvalue weighted by Gasteiger charge is -2.19. The molecule has 0 atom stereocenters. The highest BCUT2D eigenvalue weighted by Crippen LogP contribution is 2.20. The van der Waals surface area contributed by atoms with Crippen LogP contribution in [0.4, 0.5) is 10.5 Å². The Labute approximate surface area is 170 Å². The Morgan fingerprint density at radius 3 is 2.36 bits per heavy atom. The van der Waals surface area contributed by atoms with Gasteiger partial charge in [-0.2, -0.15) is 0 Å². The maximum atomic E-state index is 12.7. The van der Waals surface area contributed by atoms with Crippen molar-refractivity contribution in [3.05, 3.63) is 29.8 Å². The minimum absolute atomic E-state index is 0.357. The molecule has 0 saturated heterocycles. The van der Waals surface area contributed by atoms with E-state index in [4.69, 9.17) is 4.74 Å². The molecule has 0 aliphatic rings. The second-order valence-corrected chi connectivity index (χ2v) is 10.0. The van der Waals surface area contributed by atoms with E-state index in [1.54, 1.807) is 6.07 Å². The van der Waals surface area contributed by atoms with E-state index in [9.17, 15) is 13.2 Å². The number of amides is 1. The number of benzene rings is 1. The molecule has 1 rings (SSSR count). The number of sulfonamides is 1. The second kappa shape index (κ2) is 11.3. The van der Waals surface area contributed by atoms with Crippen LogP contribution in [0.25, 0.3) is 0 Å². The van der Waals surface area contributed by atoms with Crippen LogP contribution < -0.4 is 10.0 Å². The van der Waals surface area contributed by atoms with Gasteiger partial charge in [-0.3, -0.25) is 4.72 Å². The van der Waals surface area contributed by atoms with Crippen LogP contribution in [0.5, 0.6) is 0 Å². The van der Waals surface area contributed by atoms with Crippen molar-refractivity contribution < 1.29 is 17.9 Å². The Bertz CT molecular complexity index is 705. The normalized spacial score (nSPS) is 12.1. The quantitative estimate of drug-likeness (QED) is 0.509. The standard InChI is InChI=1S/C21H36N2O4S/c1-6-10-19(11-7-2)28(25,26)23-18-14-8-12-17(16-18)13-9-15-22-20(24)27-21(3,4)5/h8,12,14,16,19,23H,6-7,9-11,13,15H2,1-5H3,(H,22,24). The van der Waals surface area contributed by atoms with Gasteiger partial charge in [0.2, 0.25) is 10.0 Å². The minimum atomic E-state index is -3.39. The number of carbonyl (C=O) groups is 1. The lowest BCUT2D eigenvalue weighted by molar-refractivity contribution is 0.0527. The Balaban J connectivity index is 2.58. The molecule has 0 aliphatic heterocycles. The van der Waals surface area contributed by atoms with Crippen molar-refractivity contribution in [3.63, 3.8) is 0 Å². The van der Waals surface area contributed by atoms with E-state index in [0.29, 0.717) is 25.1 Å². The number of anilines is 1. The summed E-state index contributed by atoms with van der Waals surface area (Å²) in [6.07, 6.45) is 4.07. The summed E-state index contributed by atoms with van der Waals surface area (Å²) in [5.74, 6) is 0. The Hall–Kier alpha value is -1.76. The molecule has 1 aromatic rings. The van der Waals surface area contributed by atoms with Gasteiger partial charge in [0, 0.05) is 12.2 Å². The number of carbonyl (C=O) groups excluding carboxylic acids is 1. The summed E-state index contributed by atoms with van der Waals surface area (Å²) in [5, 5.41) is 2.38. The highest BCUT2D eigenvalue weighted by molar-refractivity contribution is 7.93. The number of rotatable bonds is 11. The molecule has 1 aromatic carbocycles. The fourth-order valence-corrected chi connectivity index (χ4v) is 4.65. The summed E-state index contributed by atoms with van der Waals surface area (Å²) < 4.78 is 33.3. The first-order chi connectivity index (χ1) is 13.1. The zero-order chi connectivity index (χ0) is 21.2. The number of alkyl carbamates (subject to hydrolysis) is 1. The van der Waals surface area contributed by atoms with Gasteiger partial charge in [0.15, 0.2) is 0 Å². The van der Waals surface area contributed by atoms with Crippen LogP contribution >= 0.6 is 0 Å². The van der Waals surface area contributed by atoms with Crippen molar-refractivity contribution in [2.75, 3.05) is 11.3 Å². The topological polar surface area (TPSA) is 84.5 Å². The van der Waals surface area contributed by atoms with E-state index in [1.807, 2.05) is 52.8 Å². The van der Waals surface area contributed by atoms with Crippen LogP contribution in [0.2, 0.25) is 0 Å². The third kappa shape index (κ3) is 9.44. The lowest BCUT2D eigenvalue weighted by Crippen LogP contribution is -2.33. The van der Waals surface area contributed by atoms with Gasteiger partial charge in [-0.15, -0.1) is 0 Å². The summed E-state index contributed by atoms with van der Waals surface area (Å²) in [7, 11) is -3.39. The smallest absolute Gasteiger partial charge is 0.407 e.